The summed E-state index contributed by atoms with van der Waals surface area (Å²) in [5, 5.41) is 38.8. The van der Waals surface area contributed by atoms with Crippen LogP contribution in [0.5, 0.6) is 0 Å². The van der Waals surface area contributed by atoms with Crippen molar-refractivity contribution in [3.8, 4) is 22.3 Å². The van der Waals surface area contributed by atoms with Crippen molar-refractivity contribution in [1.82, 2.24) is 0 Å². The van der Waals surface area contributed by atoms with Crippen LogP contribution in [0.2, 0.25) is 0 Å². The molecule has 3 aromatic carbocycles. The number of hydrogen-bond acceptors (Lipinski definition) is 4. The van der Waals surface area contributed by atoms with Crippen molar-refractivity contribution in [2.75, 3.05) is 0 Å². The minimum atomic E-state index is -0.123. The average molecular weight is 350 g/mol. The summed E-state index contributed by atoms with van der Waals surface area (Å²) in [6.07, 6.45) is 0. The zero-order chi connectivity index (χ0) is 18.5. The molecule has 0 amide bonds. The zero-order valence-corrected chi connectivity index (χ0v) is 14.4. The minimum Gasteiger partial charge on any atom is -0.392 e. The number of benzene rings is 3. The van der Waals surface area contributed by atoms with Gasteiger partial charge >= 0.3 is 0 Å². The monoisotopic (exact) mass is 350 g/mol. The Hall–Kier alpha value is -2.50. The second-order valence-electron chi connectivity index (χ2n) is 6.12. The molecule has 4 N–H and O–H groups in total. The highest BCUT2D eigenvalue weighted by molar-refractivity contribution is 5.79. The average Bonchev–Trinajstić information content (AvgIpc) is 2.72. The van der Waals surface area contributed by atoms with Crippen LogP contribution < -0.4 is 0 Å². The van der Waals surface area contributed by atoms with Gasteiger partial charge in [0.05, 0.1) is 26.4 Å². The van der Waals surface area contributed by atoms with E-state index in [1.807, 2.05) is 60.7 Å². The van der Waals surface area contributed by atoms with Gasteiger partial charge in [0.25, 0.3) is 0 Å². The third-order valence-electron chi connectivity index (χ3n) is 4.60. The van der Waals surface area contributed by atoms with E-state index in [2.05, 4.69) is 0 Å². The summed E-state index contributed by atoms with van der Waals surface area (Å²) in [6.45, 7) is -0.490. The molecule has 3 aromatic rings. The number of rotatable bonds is 6. The molecule has 0 atom stereocenters. The first-order valence-electron chi connectivity index (χ1n) is 8.49. The Morgan fingerprint density at radius 3 is 1.08 bits per heavy atom. The van der Waals surface area contributed by atoms with Crippen molar-refractivity contribution in [3.05, 3.63) is 82.9 Å². The predicted molar refractivity (Wildman–Crippen MR) is 101 cm³/mol. The number of hydrogen-bond donors (Lipinski definition) is 4. The second-order valence-corrected chi connectivity index (χ2v) is 6.12. The molecule has 4 heteroatoms. The molecule has 0 unspecified atom stereocenters. The molecule has 0 aromatic heterocycles. The van der Waals surface area contributed by atoms with E-state index in [1.165, 1.54) is 0 Å². The van der Waals surface area contributed by atoms with Crippen molar-refractivity contribution in [1.29, 1.82) is 0 Å². The lowest BCUT2D eigenvalue weighted by molar-refractivity contribution is 0.276. The van der Waals surface area contributed by atoms with Crippen molar-refractivity contribution in [2.24, 2.45) is 0 Å². The van der Waals surface area contributed by atoms with E-state index in [4.69, 9.17) is 0 Å². The van der Waals surface area contributed by atoms with Crippen LogP contribution in [0, 0.1) is 0 Å². The molecule has 0 aliphatic carbocycles. The standard InChI is InChI=1S/C22H22O4/c23-11-17-6-2-7-18(12-24)21(17)15-4-1-5-16(10-15)22-19(13-25)8-3-9-20(22)14-26/h1-10,23-26H,11-14H2. The lowest BCUT2D eigenvalue weighted by Gasteiger charge is -2.16. The molecule has 0 bridgehead atoms. The third kappa shape index (κ3) is 3.41. The molecule has 3 rings (SSSR count). The maximum atomic E-state index is 9.70. The lowest BCUT2D eigenvalue weighted by atomic mass is 9.90. The summed E-state index contributed by atoms with van der Waals surface area (Å²) in [6, 6.07) is 18.7. The summed E-state index contributed by atoms with van der Waals surface area (Å²) in [5.41, 5.74) is 6.33. The highest BCUT2D eigenvalue weighted by Gasteiger charge is 2.14. The van der Waals surface area contributed by atoms with Crippen LogP contribution in [0.25, 0.3) is 22.3 Å². The maximum Gasteiger partial charge on any atom is 0.0687 e. The van der Waals surface area contributed by atoms with E-state index in [0.29, 0.717) is 0 Å². The van der Waals surface area contributed by atoms with Gasteiger partial charge in [0.2, 0.25) is 0 Å². The van der Waals surface area contributed by atoms with Gasteiger partial charge in [-0.25, -0.2) is 0 Å². The SMILES string of the molecule is OCc1cccc(CO)c1-c1cccc(-c2c(CO)cccc2CO)c1. The summed E-state index contributed by atoms with van der Waals surface area (Å²) in [4.78, 5) is 0. The fourth-order valence-corrected chi connectivity index (χ4v) is 3.41. The molecule has 0 aliphatic heterocycles. The Balaban J connectivity index is 2.21. The smallest absolute Gasteiger partial charge is 0.0687 e. The molecule has 0 spiro atoms. The zero-order valence-electron chi connectivity index (χ0n) is 14.4. The van der Waals surface area contributed by atoms with Gasteiger partial charge in [-0.1, -0.05) is 54.6 Å². The van der Waals surface area contributed by atoms with Crippen LogP contribution in [0.1, 0.15) is 22.3 Å². The van der Waals surface area contributed by atoms with Gasteiger partial charge in [-0.05, 0) is 50.6 Å². The van der Waals surface area contributed by atoms with Crippen molar-refractivity contribution in [2.45, 2.75) is 26.4 Å². The fourth-order valence-electron chi connectivity index (χ4n) is 3.41. The normalized spacial score (nSPS) is 10.9. The summed E-state index contributed by atoms with van der Waals surface area (Å²) in [7, 11) is 0. The second kappa shape index (κ2) is 8.25. The summed E-state index contributed by atoms with van der Waals surface area (Å²) >= 11 is 0. The molecule has 0 radical (unpaired) electrons. The molecule has 0 aliphatic rings. The topological polar surface area (TPSA) is 80.9 Å². The summed E-state index contributed by atoms with van der Waals surface area (Å²) < 4.78 is 0. The molecular weight excluding hydrogens is 328 g/mol. The Morgan fingerprint density at radius 2 is 0.769 bits per heavy atom. The molecular formula is C22H22O4. The van der Waals surface area contributed by atoms with E-state index in [0.717, 1.165) is 44.5 Å². The van der Waals surface area contributed by atoms with E-state index in [-0.39, 0.29) is 26.4 Å². The van der Waals surface area contributed by atoms with Gasteiger partial charge in [-0.3, -0.25) is 0 Å². The molecule has 134 valence electrons. The largest absolute Gasteiger partial charge is 0.392 e. The Bertz CT molecular complexity index is 787. The first-order chi connectivity index (χ1) is 12.7. The molecule has 26 heavy (non-hydrogen) atoms. The van der Waals surface area contributed by atoms with Crippen LogP contribution in [0.3, 0.4) is 0 Å². The maximum absolute atomic E-state index is 9.70. The van der Waals surface area contributed by atoms with E-state index >= 15 is 0 Å². The van der Waals surface area contributed by atoms with Crippen LogP contribution in [0.4, 0.5) is 0 Å². The number of aliphatic hydroxyl groups excluding tert-OH is 4. The van der Waals surface area contributed by atoms with Crippen molar-refractivity contribution in [3.63, 3.8) is 0 Å². The van der Waals surface area contributed by atoms with Gasteiger partial charge in [-0.2, -0.15) is 0 Å². The minimum absolute atomic E-state index is 0.123. The lowest BCUT2D eigenvalue weighted by Crippen LogP contribution is -1.98. The van der Waals surface area contributed by atoms with E-state index in [9.17, 15) is 20.4 Å². The Morgan fingerprint density at radius 1 is 0.462 bits per heavy atom. The third-order valence-corrected chi connectivity index (χ3v) is 4.60. The molecule has 0 fully saturated rings. The van der Waals surface area contributed by atoms with Crippen LogP contribution in [0.15, 0.2) is 60.7 Å². The van der Waals surface area contributed by atoms with Crippen molar-refractivity contribution >= 4 is 0 Å². The Labute approximate surface area is 152 Å². The van der Waals surface area contributed by atoms with Crippen LogP contribution >= 0.6 is 0 Å². The molecule has 4 nitrogen and oxygen atoms in total. The highest BCUT2D eigenvalue weighted by atomic mass is 16.3. The van der Waals surface area contributed by atoms with E-state index in [1.54, 1.807) is 0 Å². The van der Waals surface area contributed by atoms with E-state index < -0.39 is 0 Å². The van der Waals surface area contributed by atoms with Gasteiger partial charge in [0.15, 0.2) is 0 Å². The highest BCUT2D eigenvalue weighted by Crippen LogP contribution is 2.34. The van der Waals surface area contributed by atoms with Crippen LogP contribution in [-0.2, 0) is 26.4 Å². The quantitative estimate of drug-likeness (QED) is 0.551. The van der Waals surface area contributed by atoms with Gasteiger partial charge in [0.1, 0.15) is 0 Å². The van der Waals surface area contributed by atoms with Gasteiger partial charge in [-0.15, -0.1) is 0 Å². The van der Waals surface area contributed by atoms with Crippen LogP contribution in [-0.4, -0.2) is 20.4 Å². The molecule has 0 heterocycles. The number of aliphatic hydroxyl groups is 4. The van der Waals surface area contributed by atoms with Crippen molar-refractivity contribution < 1.29 is 20.4 Å². The Kier molecular flexibility index (Phi) is 5.81. The molecule has 0 saturated carbocycles. The first-order valence-corrected chi connectivity index (χ1v) is 8.49. The molecule has 0 saturated heterocycles. The fraction of sp³-hybridized carbons (Fsp3) is 0.182. The first kappa shape index (κ1) is 18.3. The summed E-state index contributed by atoms with van der Waals surface area (Å²) in [5.74, 6) is 0. The van der Waals surface area contributed by atoms with Gasteiger partial charge in [0, 0.05) is 0 Å². The predicted octanol–water partition coefficient (Wildman–Crippen LogP) is 2.99. The van der Waals surface area contributed by atoms with Gasteiger partial charge < -0.3 is 20.4 Å².